The summed E-state index contributed by atoms with van der Waals surface area (Å²) in [5, 5.41) is 5.80. The minimum atomic E-state index is -0.0797. The maximum atomic E-state index is 12.0. The molecule has 4 heteroatoms. The summed E-state index contributed by atoms with van der Waals surface area (Å²) >= 11 is 0. The maximum absolute atomic E-state index is 12.0. The molecule has 0 radical (unpaired) electrons. The third-order valence-electron chi connectivity index (χ3n) is 3.98. The van der Waals surface area contributed by atoms with Crippen LogP contribution >= 0.6 is 0 Å². The quantitative estimate of drug-likeness (QED) is 0.739. The second-order valence-corrected chi connectivity index (χ2v) is 6.24. The summed E-state index contributed by atoms with van der Waals surface area (Å²) in [5.41, 5.74) is 2.31. The van der Waals surface area contributed by atoms with Crippen molar-refractivity contribution in [2.45, 2.75) is 38.6 Å². The van der Waals surface area contributed by atoms with Gasteiger partial charge in [-0.1, -0.05) is 60.7 Å². The van der Waals surface area contributed by atoms with E-state index in [9.17, 15) is 9.59 Å². The molecule has 2 rings (SSSR count). The number of benzene rings is 2. The molecular formula is C21H26N2O2. The van der Waals surface area contributed by atoms with E-state index in [1.54, 1.807) is 0 Å². The van der Waals surface area contributed by atoms with Crippen LogP contribution in [0.1, 0.15) is 30.9 Å². The number of amides is 2. The van der Waals surface area contributed by atoms with E-state index in [2.05, 4.69) is 10.6 Å². The minimum Gasteiger partial charge on any atom is -0.354 e. The van der Waals surface area contributed by atoms with Gasteiger partial charge in [0.15, 0.2) is 0 Å². The average Bonchev–Trinajstić information content (AvgIpc) is 2.65. The van der Waals surface area contributed by atoms with E-state index in [0.29, 0.717) is 19.4 Å². The Morgan fingerprint density at radius 3 is 1.80 bits per heavy atom. The molecule has 25 heavy (non-hydrogen) atoms. The first-order valence-corrected chi connectivity index (χ1v) is 8.77. The summed E-state index contributed by atoms with van der Waals surface area (Å²) in [5.74, 6) is 0.0177. The lowest BCUT2D eigenvalue weighted by Crippen LogP contribution is -2.41. The molecule has 0 aliphatic heterocycles. The van der Waals surface area contributed by atoms with Gasteiger partial charge >= 0.3 is 0 Å². The highest BCUT2D eigenvalue weighted by Crippen LogP contribution is 2.03. The van der Waals surface area contributed by atoms with Gasteiger partial charge in [-0.15, -0.1) is 0 Å². The normalized spacial score (nSPS) is 11.6. The molecule has 0 heterocycles. The fourth-order valence-corrected chi connectivity index (χ4v) is 2.56. The number of carbonyl (C=O) groups is 2. The summed E-state index contributed by atoms with van der Waals surface area (Å²) in [6.07, 6.45) is 2.36. The molecule has 132 valence electrons. The first-order valence-electron chi connectivity index (χ1n) is 8.77. The fourth-order valence-electron chi connectivity index (χ4n) is 2.56. The van der Waals surface area contributed by atoms with Crippen molar-refractivity contribution in [1.29, 1.82) is 0 Å². The van der Waals surface area contributed by atoms with Crippen LogP contribution in [0.25, 0.3) is 0 Å². The number of hydrogen-bond donors (Lipinski definition) is 2. The molecule has 2 amide bonds. The highest BCUT2D eigenvalue weighted by Gasteiger charge is 2.09. The van der Waals surface area contributed by atoms with Crippen molar-refractivity contribution in [3.05, 3.63) is 71.8 Å². The Hall–Kier alpha value is -2.62. The molecule has 1 atom stereocenters. The minimum absolute atomic E-state index is 0.00855. The van der Waals surface area contributed by atoms with Gasteiger partial charge in [0, 0.05) is 25.4 Å². The van der Waals surface area contributed by atoms with Gasteiger partial charge in [-0.3, -0.25) is 9.59 Å². The zero-order valence-corrected chi connectivity index (χ0v) is 14.7. The van der Waals surface area contributed by atoms with Crippen LogP contribution in [0.5, 0.6) is 0 Å². The van der Waals surface area contributed by atoms with E-state index in [1.807, 2.05) is 67.6 Å². The predicted octanol–water partition coefficient (Wildman–Crippen LogP) is 2.87. The largest absolute Gasteiger partial charge is 0.354 e. The number of carbonyl (C=O) groups excluding carboxylic acids is 2. The SMILES string of the molecule is C[C@H](CNC(=O)CCc1ccccc1)NC(=O)CCc1ccccc1. The lowest BCUT2D eigenvalue weighted by Gasteiger charge is -2.15. The zero-order chi connectivity index (χ0) is 17.9. The predicted molar refractivity (Wildman–Crippen MR) is 100 cm³/mol. The average molecular weight is 338 g/mol. The Balaban J connectivity index is 1.60. The molecule has 4 nitrogen and oxygen atoms in total. The van der Waals surface area contributed by atoms with Crippen molar-refractivity contribution < 1.29 is 9.59 Å². The summed E-state index contributed by atoms with van der Waals surface area (Å²) in [6, 6.07) is 19.8. The number of hydrogen-bond acceptors (Lipinski definition) is 2. The molecule has 0 saturated heterocycles. The van der Waals surface area contributed by atoms with E-state index in [4.69, 9.17) is 0 Å². The molecule has 0 saturated carbocycles. The van der Waals surface area contributed by atoms with E-state index in [1.165, 1.54) is 0 Å². The van der Waals surface area contributed by atoms with Crippen LogP contribution in [0.15, 0.2) is 60.7 Å². The Labute approximate surface area is 149 Å². The highest BCUT2D eigenvalue weighted by atomic mass is 16.2. The molecule has 2 aromatic rings. The molecule has 2 aromatic carbocycles. The second-order valence-electron chi connectivity index (χ2n) is 6.24. The molecule has 0 aliphatic carbocycles. The van der Waals surface area contributed by atoms with E-state index in [0.717, 1.165) is 24.0 Å². The van der Waals surface area contributed by atoms with E-state index < -0.39 is 0 Å². The van der Waals surface area contributed by atoms with Crippen LogP contribution in [-0.4, -0.2) is 24.4 Å². The van der Waals surface area contributed by atoms with Gasteiger partial charge in [0.2, 0.25) is 11.8 Å². The number of nitrogens with one attached hydrogen (secondary N) is 2. The van der Waals surface area contributed by atoms with Crippen LogP contribution in [0.2, 0.25) is 0 Å². The van der Waals surface area contributed by atoms with Gasteiger partial charge < -0.3 is 10.6 Å². The van der Waals surface area contributed by atoms with Crippen molar-refractivity contribution in [2.24, 2.45) is 0 Å². The topological polar surface area (TPSA) is 58.2 Å². The van der Waals surface area contributed by atoms with Crippen molar-refractivity contribution in [2.75, 3.05) is 6.54 Å². The van der Waals surface area contributed by atoms with Gasteiger partial charge in [0.05, 0.1) is 0 Å². The first kappa shape index (κ1) is 18.7. The highest BCUT2D eigenvalue weighted by molar-refractivity contribution is 5.77. The van der Waals surface area contributed by atoms with E-state index in [-0.39, 0.29) is 17.9 Å². The van der Waals surface area contributed by atoms with Crippen LogP contribution < -0.4 is 10.6 Å². The maximum Gasteiger partial charge on any atom is 0.220 e. The van der Waals surface area contributed by atoms with E-state index >= 15 is 0 Å². The summed E-state index contributed by atoms with van der Waals surface area (Å²) in [6.45, 7) is 2.35. The number of rotatable bonds is 9. The molecule has 0 unspecified atom stereocenters. The third kappa shape index (κ3) is 7.66. The Morgan fingerprint density at radius 1 is 0.800 bits per heavy atom. The van der Waals surface area contributed by atoms with Crippen LogP contribution in [0.4, 0.5) is 0 Å². The Kier molecular flexibility index (Phi) is 7.70. The van der Waals surface area contributed by atoms with Crippen LogP contribution in [0.3, 0.4) is 0 Å². The summed E-state index contributed by atoms with van der Waals surface area (Å²) < 4.78 is 0. The fraction of sp³-hybridized carbons (Fsp3) is 0.333. The molecule has 2 N–H and O–H groups in total. The van der Waals surface area contributed by atoms with Crippen LogP contribution in [0, 0.1) is 0 Å². The van der Waals surface area contributed by atoms with Crippen molar-refractivity contribution in [1.82, 2.24) is 10.6 Å². The van der Waals surface area contributed by atoms with Gasteiger partial charge in [0.25, 0.3) is 0 Å². The zero-order valence-electron chi connectivity index (χ0n) is 14.7. The molecule has 0 aromatic heterocycles. The molecule has 0 bridgehead atoms. The molecule has 0 spiro atoms. The van der Waals surface area contributed by atoms with Crippen molar-refractivity contribution in [3.63, 3.8) is 0 Å². The van der Waals surface area contributed by atoms with Crippen molar-refractivity contribution in [3.8, 4) is 0 Å². The van der Waals surface area contributed by atoms with Gasteiger partial charge in [-0.2, -0.15) is 0 Å². The lowest BCUT2D eigenvalue weighted by atomic mass is 10.1. The Morgan fingerprint density at radius 2 is 1.28 bits per heavy atom. The molecular weight excluding hydrogens is 312 g/mol. The summed E-state index contributed by atoms with van der Waals surface area (Å²) in [4.78, 5) is 23.9. The Bertz CT molecular complexity index is 656. The smallest absolute Gasteiger partial charge is 0.220 e. The van der Waals surface area contributed by atoms with Gasteiger partial charge in [0.1, 0.15) is 0 Å². The van der Waals surface area contributed by atoms with Gasteiger partial charge in [-0.25, -0.2) is 0 Å². The number of aryl methyl sites for hydroxylation is 2. The summed E-state index contributed by atoms with van der Waals surface area (Å²) in [7, 11) is 0. The second kappa shape index (κ2) is 10.3. The molecule has 0 fully saturated rings. The first-order chi connectivity index (χ1) is 12.1. The van der Waals surface area contributed by atoms with Crippen molar-refractivity contribution >= 4 is 11.8 Å². The monoisotopic (exact) mass is 338 g/mol. The third-order valence-corrected chi connectivity index (χ3v) is 3.98. The lowest BCUT2D eigenvalue weighted by molar-refractivity contribution is -0.123. The van der Waals surface area contributed by atoms with Crippen LogP contribution in [-0.2, 0) is 22.4 Å². The standard InChI is InChI=1S/C21H26N2O2/c1-17(23-21(25)15-13-19-10-6-3-7-11-19)16-22-20(24)14-12-18-8-4-2-5-9-18/h2-11,17H,12-16H2,1H3,(H,22,24)(H,23,25)/t17-/m1/s1. The molecule has 0 aliphatic rings. The van der Waals surface area contributed by atoms with Gasteiger partial charge in [-0.05, 0) is 30.9 Å².